The molecule has 0 radical (unpaired) electrons. The van der Waals surface area contributed by atoms with Gasteiger partial charge in [0.25, 0.3) is 5.91 Å². The molecular weight excluding hydrogens is 457 g/mol. The van der Waals surface area contributed by atoms with Gasteiger partial charge >= 0.3 is 0 Å². The van der Waals surface area contributed by atoms with Crippen LogP contribution in [0.15, 0.2) is 42.5 Å². The van der Waals surface area contributed by atoms with E-state index in [-0.39, 0.29) is 18.4 Å². The van der Waals surface area contributed by atoms with Gasteiger partial charge in [-0.15, -0.1) is 11.3 Å². The van der Waals surface area contributed by atoms with Gasteiger partial charge in [-0.05, 0) is 55.8 Å². The molecule has 0 spiro atoms. The molecule has 2 aromatic carbocycles. The third-order valence-corrected chi connectivity index (χ3v) is 6.52. The first-order chi connectivity index (χ1) is 14.9. The van der Waals surface area contributed by atoms with Gasteiger partial charge in [0.05, 0.1) is 16.4 Å². The number of carbonyl (C=O) groups is 2. The Morgan fingerprint density at radius 3 is 2.71 bits per heavy atom. The zero-order valence-electron chi connectivity index (χ0n) is 16.7. The fraction of sp³-hybridized carbons (Fsp3) is 0.227. The molecule has 1 aromatic heterocycles. The minimum Gasteiger partial charge on any atom is -0.486 e. The lowest BCUT2D eigenvalue weighted by Gasteiger charge is -2.17. The van der Waals surface area contributed by atoms with Gasteiger partial charge in [0.1, 0.15) is 22.2 Å². The lowest BCUT2D eigenvalue weighted by Crippen LogP contribution is -2.23. The lowest BCUT2D eigenvalue weighted by molar-refractivity contribution is -0.117. The predicted octanol–water partition coefficient (Wildman–Crippen LogP) is 5.72. The van der Waals surface area contributed by atoms with Crippen LogP contribution in [-0.4, -0.2) is 23.3 Å². The molecule has 0 bridgehead atoms. The average Bonchev–Trinajstić information content (AvgIpc) is 3.34. The number of ether oxygens (including phenoxy) is 1. The topological polar surface area (TPSA) is 71.5 Å². The van der Waals surface area contributed by atoms with E-state index in [1.165, 1.54) is 11.3 Å². The van der Waals surface area contributed by atoms with Gasteiger partial charge in [0.15, 0.2) is 0 Å². The molecule has 1 aliphatic rings. The number of nitrogens with zero attached hydrogens (tertiary/aromatic N) is 2. The van der Waals surface area contributed by atoms with Crippen molar-refractivity contribution >= 4 is 57.7 Å². The summed E-state index contributed by atoms with van der Waals surface area (Å²) in [5.41, 5.74) is 1.79. The molecular formula is C22H19Cl2N3O3S. The van der Waals surface area contributed by atoms with Gasteiger partial charge in [-0.1, -0.05) is 23.2 Å². The van der Waals surface area contributed by atoms with E-state index < -0.39 is 0 Å². The number of benzene rings is 2. The van der Waals surface area contributed by atoms with Crippen LogP contribution in [0.25, 0.3) is 0 Å². The van der Waals surface area contributed by atoms with Crippen LogP contribution in [0.1, 0.15) is 33.2 Å². The summed E-state index contributed by atoms with van der Waals surface area (Å²) in [6.07, 6.45) is 1.36. The number of aryl methyl sites for hydroxylation is 1. The van der Waals surface area contributed by atoms with E-state index >= 15 is 0 Å². The highest BCUT2D eigenvalue weighted by Gasteiger charge is 2.23. The van der Waals surface area contributed by atoms with E-state index in [0.29, 0.717) is 50.0 Å². The maximum absolute atomic E-state index is 12.9. The summed E-state index contributed by atoms with van der Waals surface area (Å²) in [5.74, 6) is 0.436. The Balaban J connectivity index is 1.46. The van der Waals surface area contributed by atoms with Crippen molar-refractivity contribution in [2.75, 3.05) is 16.8 Å². The molecule has 0 saturated carbocycles. The van der Waals surface area contributed by atoms with Crippen molar-refractivity contribution in [3.63, 3.8) is 0 Å². The van der Waals surface area contributed by atoms with Crippen LogP contribution in [0.4, 0.5) is 11.4 Å². The molecule has 0 aliphatic carbocycles. The van der Waals surface area contributed by atoms with Crippen LogP contribution >= 0.6 is 34.5 Å². The number of nitrogens with one attached hydrogen (secondary N) is 1. The van der Waals surface area contributed by atoms with Crippen LogP contribution in [-0.2, 0) is 11.4 Å². The Hall–Kier alpha value is -2.61. The van der Waals surface area contributed by atoms with Crippen molar-refractivity contribution in [2.24, 2.45) is 0 Å². The van der Waals surface area contributed by atoms with E-state index in [1.54, 1.807) is 54.3 Å². The fourth-order valence-corrected chi connectivity index (χ4v) is 4.44. The van der Waals surface area contributed by atoms with Crippen LogP contribution in [0.5, 0.6) is 5.75 Å². The third kappa shape index (κ3) is 5.01. The van der Waals surface area contributed by atoms with Gasteiger partial charge in [-0.2, -0.15) is 0 Å². The van der Waals surface area contributed by atoms with E-state index in [9.17, 15) is 9.59 Å². The molecule has 9 heteroatoms. The first kappa shape index (κ1) is 21.6. The molecule has 1 aliphatic heterocycles. The number of hydrogen-bond donors (Lipinski definition) is 1. The van der Waals surface area contributed by atoms with Crippen molar-refractivity contribution < 1.29 is 14.3 Å². The van der Waals surface area contributed by atoms with Crippen molar-refractivity contribution in [3.05, 3.63) is 68.1 Å². The van der Waals surface area contributed by atoms with Crippen molar-refractivity contribution in [1.82, 2.24) is 4.98 Å². The Morgan fingerprint density at radius 2 is 2.00 bits per heavy atom. The molecule has 0 atom stereocenters. The number of hydrogen-bond acceptors (Lipinski definition) is 5. The highest BCUT2D eigenvalue weighted by atomic mass is 35.5. The third-order valence-electron chi connectivity index (χ3n) is 4.81. The maximum Gasteiger partial charge on any atom is 0.267 e. The summed E-state index contributed by atoms with van der Waals surface area (Å²) in [5, 5.41) is 4.56. The van der Waals surface area contributed by atoms with Crippen molar-refractivity contribution in [2.45, 2.75) is 26.4 Å². The van der Waals surface area contributed by atoms with Crippen molar-refractivity contribution in [1.29, 1.82) is 0 Å². The molecule has 4 rings (SSSR count). The standard InChI is InChI=1S/C22H19Cl2N3O3S/c1-13-21(31-19(25-13)12-30-16-7-4-14(23)5-8-16)22(29)26-18-11-15(6-9-17(18)24)27-10-2-3-20(27)28/h4-9,11H,2-3,10,12H2,1H3,(H,26,29). The molecule has 31 heavy (non-hydrogen) atoms. The van der Waals surface area contributed by atoms with Crippen molar-refractivity contribution in [3.8, 4) is 5.75 Å². The zero-order valence-corrected chi connectivity index (χ0v) is 19.0. The summed E-state index contributed by atoms with van der Waals surface area (Å²) in [6, 6.07) is 12.2. The molecule has 3 aromatic rings. The summed E-state index contributed by atoms with van der Waals surface area (Å²) >= 11 is 13.4. The Bertz CT molecular complexity index is 1130. The smallest absolute Gasteiger partial charge is 0.267 e. The minimum atomic E-state index is -0.306. The largest absolute Gasteiger partial charge is 0.486 e. The van der Waals surface area contributed by atoms with Crippen LogP contribution in [0.3, 0.4) is 0 Å². The van der Waals surface area contributed by atoms with Gasteiger partial charge in [0.2, 0.25) is 5.91 Å². The Labute approximate surface area is 193 Å². The quantitative estimate of drug-likeness (QED) is 0.494. The van der Waals surface area contributed by atoms with Crippen LogP contribution in [0, 0.1) is 6.92 Å². The molecule has 6 nitrogen and oxygen atoms in total. The van der Waals surface area contributed by atoms with Crippen LogP contribution < -0.4 is 15.0 Å². The van der Waals surface area contributed by atoms with E-state index in [4.69, 9.17) is 27.9 Å². The summed E-state index contributed by atoms with van der Waals surface area (Å²) in [7, 11) is 0. The number of halogens is 2. The van der Waals surface area contributed by atoms with Gasteiger partial charge in [-0.25, -0.2) is 4.98 Å². The summed E-state index contributed by atoms with van der Waals surface area (Å²) < 4.78 is 5.71. The highest BCUT2D eigenvalue weighted by molar-refractivity contribution is 7.13. The van der Waals surface area contributed by atoms with E-state index in [0.717, 1.165) is 12.1 Å². The number of anilines is 2. The lowest BCUT2D eigenvalue weighted by atomic mass is 10.2. The summed E-state index contributed by atoms with van der Waals surface area (Å²) in [4.78, 5) is 31.5. The molecule has 1 fully saturated rings. The predicted molar refractivity (Wildman–Crippen MR) is 124 cm³/mol. The van der Waals surface area contributed by atoms with E-state index in [1.807, 2.05) is 0 Å². The SMILES string of the molecule is Cc1nc(COc2ccc(Cl)cc2)sc1C(=O)Nc1cc(N2CCCC2=O)ccc1Cl. The van der Waals surface area contributed by atoms with Gasteiger partial charge in [-0.3, -0.25) is 9.59 Å². The van der Waals surface area contributed by atoms with Crippen LogP contribution in [0.2, 0.25) is 10.0 Å². The molecule has 1 saturated heterocycles. The highest BCUT2D eigenvalue weighted by Crippen LogP contribution is 2.31. The molecule has 2 amide bonds. The molecule has 160 valence electrons. The monoisotopic (exact) mass is 475 g/mol. The Morgan fingerprint density at radius 1 is 1.23 bits per heavy atom. The maximum atomic E-state index is 12.9. The molecule has 1 N–H and O–H groups in total. The zero-order chi connectivity index (χ0) is 22.0. The number of aromatic nitrogens is 1. The number of rotatable bonds is 6. The van der Waals surface area contributed by atoms with Gasteiger partial charge < -0.3 is 15.0 Å². The Kier molecular flexibility index (Phi) is 6.46. The normalized spacial score (nSPS) is 13.5. The second kappa shape index (κ2) is 9.26. The fourth-order valence-electron chi connectivity index (χ4n) is 3.28. The van der Waals surface area contributed by atoms with E-state index in [2.05, 4.69) is 10.3 Å². The minimum absolute atomic E-state index is 0.0724. The number of carbonyl (C=O) groups excluding carboxylic acids is 2. The molecule has 0 unspecified atom stereocenters. The second-order valence-corrected chi connectivity index (χ2v) is 8.96. The average molecular weight is 476 g/mol. The first-order valence-corrected chi connectivity index (χ1v) is 11.2. The second-order valence-electron chi connectivity index (χ2n) is 7.03. The first-order valence-electron chi connectivity index (χ1n) is 9.66. The number of thiazole rings is 1. The van der Waals surface area contributed by atoms with Gasteiger partial charge in [0, 0.05) is 23.7 Å². The number of amides is 2. The summed E-state index contributed by atoms with van der Waals surface area (Å²) in [6.45, 7) is 2.69. The molecule has 2 heterocycles.